The lowest BCUT2D eigenvalue weighted by Crippen LogP contribution is -2.02. The van der Waals surface area contributed by atoms with E-state index in [4.69, 9.17) is 4.74 Å². The van der Waals surface area contributed by atoms with Crippen molar-refractivity contribution >= 4 is 22.4 Å². The summed E-state index contributed by atoms with van der Waals surface area (Å²) in [5.41, 5.74) is 5.44. The second-order valence-corrected chi connectivity index (χ2v) is 6.76. The Morgan fingerprint density at radius 2 is 1.55 bits per heavy atom. The third-order valence-corrected chi connectivity index (χ3v) is 4.90. The van der Waals surface area contributed by atoms with Crippen molar-refractivity contribution in [2.24, 2.45) is 0 Å². The van der Waals surface area contributed by atoms with Crippen molar-refractivity contribution in [3.05, 3.63) is 108 Å². The molecule has 0 amide bonds. The molecule has 3 nitrogen and oxygen atoms in total. The van der Waals surface area contributed by atoms with E-state index in [1.165, 1.54) is 0 Å². The number of hydrogen-bond acceptors (Lipinski definition) is 2. The van der Waals surface area contributed by atoms with Gasteiger partial charge in [-0.05, 0) is 36.3 Å². The fourth-order valence-electron chi connectivity index (χ4n) is 3.60. The minimum Gasteiger partial charge on any atom is -0.466 e. The molecule has 0 saturated carbocycles. The zero-order chi connectivity index (χ0) is 20.1. The van der Waals surface area contributed by atoms with Crippen LogP contribution in [-0.2, 0) is 9.53 Å². The quantitative estimate of drug-likeness (QED) is 0.383. The van der Waals surface area contributed by atoms with Gasteiger partial charge in [-0.2, -0.15) is 0 Å². The molecule has 0 radical (unpaired) electrons. The van der Waals surface area contributed by atoms with Crippen LogP contribution in [-0.4, -0.2) is 17.1 Å². The lowest BCUT2D eigenvalue weighted by atomic mass is 9.96. The van der Waals surface area contributed by atoms with Gasteiger partial charge in [-0.25, -0.2) is 0 Å². The SMILES string of the molecule is CCOC(=O)C/C=C(/c1ccccc1)c1cn(-c2ccccc2)c2ccccc12. The van der Waals surface area contributed by atoms with Crippen molar-refractivity contribution in [3.63, 3.8) is 0 Å². The maximum atomic E-state index is 12.0. The molecule has 3 aromatic carbocycles. The lowest BCUT2D eigenvalue weighted by molar-refractivity contribution is -0.142. The van der Waals surface area contributed by atoms with Crippen molar-refractivity contribution in [3.8, 4) is 5.69 Å². The number of carbonyl (C=O) groups is 1. The minimum atomic E-state index is -0.215. The number of carbonyl (C=O) groups excluding carboxylic acids is 1. The van der Waals surface area contributed by atoms with Gasteiger partial charge in [0.25, 0.3) is 0 Å². The van der Waals surface area contributed by atoms with Crippen molar-refractivity contribution in [2.75, 3.05) is 6.61 Å². The van der Waals surface area contributed by atoms with Crippen molar-refractivity contribution in [1.29, 1.82) is 0 Å². The highest BCUT2D eigenvalue weighted by atomic mass is 16.5. The standard InChI is InChI=1S/C26H23NO2/c1-2-29-26(28)18-17-22(20-11-5-3-6-12-20)24-19-27(21-13-7-4-8-14-21)25-16-10-9-15-23(24)25/h3-17,19H,2,18H2,1H3/b22-17-. The molecule has 4 aromatic rings. The van der Waals surface area contributed by atoms with Gasteiger partial charge in [0.05, 0.1) is 18.5 Å². The van der Waals surface area contributed by atoms with E-state index in [0.717, 1.165) is 33.3 Å². The molecule has 0 N–H and O–H groups in total. The van der Waals surface area contributed by atoms with Gasteiger partial charge >= 0.3 is 5.97 Å². The molecular weight excluding hydrogens is 358 g/mol. The van der Waals surface area contributed by atoms with E-state index in [0.29, 0.717) is 6.61 Å². The summed E-state index contributed by atoms with van der Waals surface area (Å²) in [5, 5.41) is 1.15. The zero-order valence-electron chi connectivity index (χ0n) is 16.4. The summed E-state index contributed by atoms with van der Waals surface area (Å²) >= 11 is 0. The first-order valence-corrected chi connectivity index (χ1v) is 9.85. The summed E-state index contributed by atoms with van der Waals surface area (Å²) in [7, 11) is 0. The van der Waals surface area contributed by atoms with Crippen LogP contribution in [0, 0.1) is 0 Å². The molecule has 0 bridgehead atoms. The van der Waals surface area contributed by atoms with E-state index in [9.17, 15) is 4.79 Å². The average molecular weight is 381 g/mol. The molecule has 0 spiro atoms. The molecule has 29 heavy (non-hydrogen) atoms. The van der Waals surface area contributed by atoms with E-state index in [2.05, 4.69) is 59.3 Å². The molecule has 1 aromatic heterocycles. The number of nitrogens with zero attached hydrogens (tertiary/aromatic N) is 1. The van der Waals surface area contributed by atoms with Gasteiger partial charge in [0.1, 0.15) is 0 Å². The molecule has 144 valence electrons. The second-order valence-electron chi connectivity index (χ2n) is 6.76. The van der Waals surface area contributed by atoms with E-state index in [1.807, 2.05) is 49.4 Å². The molecule has 1 heterocycles. The Morgan fingerprint density at radius 3 is 2.28 bits per heavy atom. The molecule has 3 heteroatoms. The van der Waals surface area contributed by atoms with E-state index >= 15 is 0 Å². The van der Waals surface area contributed by atoms with Crippen LogP contribution in [0.25, 0.3) is 22.2 Å². The Bertz CT molecular complexity index is 1140. The number of benzene rings is 3. The third kappa shape index (κ3) is 3.99. The van der Waals surface area contributed by atoms with E-state index in [-0.39, 0.29) is 12.4 Å². The Balaban J connectivity index is 1.89. The fourth-order valence-corrected chi connectivity index (χ4v) is 3.60. The summed E-state index contributed by atoms with van der Waals surface area (Å²) in [5.74, 6) is -0.215. The van der Waals surface area contributed by atoms with Crippen LogP contribution >= 0.6 is 0 Å². The van der Waals surface area contributed by atoms with Gasteiger partial charge in [0, 0.05) is 22.8 Å². The fraction of sp³-hybridized carbons (Fsp3) is 0.115. The number of aromatic nitrogens is 1. The molecular formula is C26H23NO2. The van der Waals surface area contributed by atoms with Gasteiger partial charge < -0.3 is 9.30 Å². The van der Waals surface area contributed by atoms with Crippen LogP contribution in [0.1, 0.15) is 24.5 Å². The number of hydrogen-bond donors (Lipinski definition) is 0. The minimum absolute atomic E-state index is 0.215. The maximum absolute atomic E-state index is 12.0. The topological polar surface area (TPSA) is 31.2 Å². The number of ether oxygens (including phenoxy) is 1. The number of rotatable bonds is 6. The molecule has 0 atom stereocenters. The summed E-state index contributed by atoms with van der Waals surface area (Å²) in [4.78, 5) is 12.0. The first-order valence-electron chi connectivity index (χ1n) is 9.85. The number of esters is 1. The summed E-state index contributed by atoms with van der Waals surface area (Å²) in [6, 6.07) is 28.8. The van der Waals surface area contributed by atoms with Crippen LogP contribution in [0.2, 0.25) is 0 Å². The molecule has 0 saturated heterocycles. The van der Waals surface area contributed by atoms with E-state index in [1.54, 1.807) is 0 Å². The first-order chi connectivity index (χ1) is 14.3. The second kappa shape index (κ2) is 8.61. The predicted octanol–water partition coefficient (Wildman–Crippen LogP) is 6.02. The van der Waals surface area contributed by atoms with Gasteiger partial charge in [0.2, 0.25) is 0 Å². The normalized spacial score (nSPS) is 11.6. The molecule has 0 fully saturated rings. The predicted molar refractivity (Wildman–Crippen MR) is 118 cm³/mol. The van der Waals surface area contributed by atoms with Crippen molar-refractivity contribution < 1.29 is 9.53 Å². The average Bonchev–Trinajstić information content (AvgIpc) is 3.15. The van der Waals surface area contributed by atoms with Crippen molar-refractivity contribution in [1.82, 2.24) is 4.57 Å². The summed E-state index contributed by atoms with van der Waals surface area (Å²) in [6.45, 7) is 2.22. The van der Waals surface area contributed by atoms with Gasteiger partial charge in [0.15, 0.2) is 0 Å². The Morgan fingerprint density at radius 1 is 0.897 bits per heavy atom. The first kappa shape index (κ1) is 18.8. The Kier molecular flexibility index (Phi) is 5.57. The smallest absolute Gasteiger partial charge is 0.309 e. The van der Waals surface area contributed by atoms with Gasteiger partial charge in [-0.3, -0.25) is 4.79 Å². The summed E-state index contributed by atoms with van der Waals surface area (Å²) < 4.78 is 7.34. The van der Waals surface area contributed by atoms with Crippen LogP contribution in [0.3, 0.4) is 0 Å². The van der Waals surface area contributed by atoms with Crippen LogP contribution < -0.4 is 0 Å². The van der Waals surface area contributed by atoms with Crippen molar-refractivity contribution in [2.45, 2.75) is 13.3 Å². The molecule has 0 aliphatic carbocycles. The lowest BCUT2D eigenvalue weighted by Gasteiger charge is -2.08. The van der Waals surface area contributed by atoms with E-state index < -0.39 is 0 Å². The highest BCUT2D eigenvalue weighted by molar-refractivity contribution is 5.98. The Hall–Kier alpha value is -3.59. The molecule has 0 aliphatic rings. The largest absolute Gasteiger partial charge is 0.466 e. The van der Waals surface area contributed by atoms with Crippen LogP contribution in [0.5, 0.6) is 0 Å². The number of fused-ring (bicyclic) bond motifs is 1. The summed E-state index contributed by atoms with van der Waals surface area (Å²) in [6.07, 6.45) is 4.37. The number of para-hydroxylation sites is 2. The Labute approximate surface area is 170 Å². The molecule has 0 unspecified atom stereocenters. The monoisotopic (exact) mass is 381 g/mol. The maximum Gasteiger partial charge on any atom is 0.309 e. The zero-order valence-corrected chi connectivity index (χ0v) is 16.4. The third-order valence-electron chi connectivity index (χ3n) is 4.90. The van der Waals surface area contributed by atoms with Crippen LogP contribution in [0.4, 0.5) is 0 Å². The van der Waals surface area contributed by atoms with Gasteiger partial charge in [-0.1, -0.05) is 72.8 Å². The highest BCUT2D eigenvalue weighted by Gasteiger charge is 2.15. The van der Waals surface area contributed by atoms with Gasteiger partial charge in [-0.15, -0.1) is 0 Å². The highest BCUT2D eigenvalue weighted by Crippen LogP contribution is 2.33. The van der Waals surface area contributed by atoms with Crippen LogP contribution in [0.15, 0.2) is 97.2 Å². The molecule has 4 rings (SSSR count). The molecule has 0 aliphatic heterocycles.